The van der Waals surface area contributed by atoms with Crippen molar-refractivity contribution in [1.82, 2.24) is 0 Å². The third-order valence-electron chi connectivity index (χ3n) is 16.7. The number of hydrogen-bond acceptors (Lipinski definition) is 4. The van der Waals surface area contributed by atoms with Crippen molar-refractivity contribution < 1.29 is 18.6 Å². The topological polar surface area (TPSA) is 71.4 Å². The second-order valence-corrected chi connectivity index (χ2v) is 31.9. The van der Waals surface area contributed by atoms with Crippen molar-refractivity contribution in [3.8, 4) is 22.3 Å². The summed E-state index contributed by atoms with van der Waals surface area (Å²) in [5, 5.41) is 8.59. The first-order valence-electron chi connectivity index (χ1n) is 27.2. The fraction of sp³-hybridized carbons (Fsp3) is 0.0137. The van der Waals surface area contributed by atoms with Crippen LogP contribution in [0.3, 0.4) is 0 Å². The molecule has 388 valence electrons. The Morgan fingerprint density at radius 3 is 0.716 bits per heavy atom. The van der Waals surface area contributed by atoms with E-state index in [9.17, 15) is 4.89 Å². The summed E-state index contributed by atoms with van der Waals surface area (Å²) in [5.41, 5.74) is 6.08. The van der Waals surface area contributed by atoms with Gasteiger partial charge in [-0.05, 0) is 105 Å². The Morgan fingerprint density at radius 2 is 0.457 bits per heavy atom. The minimum Gasteiger partial charge on any atom is -0.309 e. The van der Waals surface area contributed by atoms with Crippen LogP contribution in [0.5, 0.6) is 0 Å². The molecule has 14 rings (SSSR count). The molecule has 2 aliphatic rings. The van der Waals surface area contributed by atoms with Crippen LogP contribution in [-0.4, -0.2) is 4.89 Å². The van der Waals surface area contributed by atoms with E-state index in [0.29, 0.717) is 47.7 Å². The lowest BCUT2D eigenvalue weighted by Crippen LogP contribution is -2.34. The summed E-state index contributed by atoms with van der Waals surface area (Å²) in [6, 6.07) is 104. The summed E-state index contributed by atoms with van der Waals surface area (Å²) in [4.78, 5) is 13.9. The van der Waals surface area contributed by atoms with Gasteiger partial charge in [-0.1, -0.05) is 255 Å². The first kappa shape index (κ1) is 50.9. The average molecular weight is 1120 g/mol. The van der Waals surface area contributed by atoms with Gasteiger partial charge in [-0.2, -0.15) is 0 Å². The van der Waals surface area contributed by atoms with Crippen molar-refractivity contribution in [2.75, 3.05) is 0 Å². The number of benzene rings is 12. The molecule has 0 saturated carbocycles. The van der Waals surface area contributed by atoms with Crippen molar-refractivity contribution in [3.05, 3.63) is 338 Å². The summed E-state index contributed by atoms with van der Waals surface area (Å²) >= 11 is 0. The molecular formula is C73H53O4P4+. The third kappa shape index (κ3) is 7.78. The van der Waals surface area contributed by atoms with E-state index in [0.717, 1.165) is 60.4 Å². The zero-order valence-electron chi connectivity index (χ0n) is 44.0. The van der Waals surface area contributed by atoms with Gasteiger partial charge in [-0.15, -0.1) is 0 Å². The maximum Gasteiger partial charge on any atom is 0.238 e. The molecule has 12 aromatic rings. The average Bonchev–Trinajstić information content (AvgIpc) is 4.24. The van der Waals surface area contributed by atoms with Gasteiger partial charge < -0.3 is 13.7 Å². The van der Waals surface area contributed by atoms with Gasteiger partial charge >= 0.3 is 0 Å². The molecule has 0 saturated heterocycles. The van der Waals surface area contributed by atoms with Crippen LogP contribution < -0.4 is 63.7 Å². The van der Waals surface area contributed by atoms with Gasteiger partial charge in [-0.3, -0.25) is 0 Å². The van der Waals surface area contributed by atoms with Gasteiger partial charge in [0.2, 0.25) is 7.49 Å². The normalized spacial score (nSPS) is 13.2. The summed E-state index contributed by atoms with van der Waals surface area (Å²) in [7, 11) is -14.2. The van der Waals surface area contributed by atoms with Gasteiger partial charge in [-0.25, -0.2) is 4.89 Å². The van der Waals surface area contributed by atoms with Crippen molar-refractivity contribution in [2.24, 2.45) is 0 Å². The van der Waals surface area contributed by atoms with Crippen LogP contribution in [0.4, 0.5) is 0 Å². The van der Waals surface area contributed by atoms with Crippen LogP contribution in [0.1, 0.15) is 22.3 Å². The molecule has 1 N–H and O–H groups in total. The molecule has 0 amide bonds. The minimum atomic E-state index is -3.60. The van der Waals surface area contributed by atoms with E-state index in [4.69, 9.17) is 0 Å². The van der Waals surface area contributed by atoms with Crippen LogP contribution in [0.2, 0.25) is 0 Å². The molecule has 0 heterocycles. The number of hydrogen-bond donors (Lipinski definition) is 1. The SMILES string of the molecule is O=P(c1ccccc1)(c1ccccc1)c1ccc2c(c1)C1(c3cc(P(=O)(c4ccccc4)c4ccccc4)ccc3-2)c2cc(P(=O)(c3ccccc3)c3ccccc3)ccc2-c2ccc([P+](O)(c3ccccc3)c3ccccc3)cc21. The fourth-order valence-electron chi connectivity index (χ4n) is 12.9. The summed E-state index contributed by atoms with van der Waals surface area (Å²) in [6.45, 7) is 0. The largest absolute Gasteiger partial charge is 0.309 e. The molecule has 0 unspecified atom stereocenters. The lowest BCUT2D eigenvalue weighted by Gasteiger charge is -2.33. The van der Waals surface area contributed by atoms with Gasteiger partial charge in [0.05, 0.1) is 5.41 Å². The predicted molar refractivity (Wildman–Crippen MR) is 342 cm³/mol. The molecule has 8 heteroatoms. The Bertz CT molecular complexity index is 4020. The first-order chi connectivity index (χ1) is 39.7. The van der Waals surface area contributed by atoms with Crippen molar-refractivity contribution in [3.63, 3.8) is 0 Å². The van der Waals surface area contributed by atoms with Crippen molar-refractivity contribution >= 4 is 92.6 Å². The Labute approximate surface area is 473 Å². The molecular weight excluding hydrogens is 1060 g/mol. The molecule has 0 radical (unpaired) electrons. The lowest BCUT2D eigenvalue weighted by atomic mass is 9.70. The second-order valence-electron chi connectivity index (χ2n) is 20.8. The van der Waals surface area contributed by atoms with Crippen LogP contribution in [0.15, 0.2) is 315 Å². The van der Waals surface area contributed by atoms with Crippen LogP contribution in [0, 0.1) is 0 Å². The lowest BCUT2D eigenvalue weighted by molar-refractivity contribution is 0.591. The fourth-order valence-corrected chi connectivity index (χ4v) is 23.6. The quantitative estimate of drug-likeness (QED) is 0.124. The maximum absolute atomic E-state index is 16.8. The minimum absolute atomic E-state index is 0.657. The van der Waals surface area contributed by atoms with Gasteiger partial charge in [0, 0.05) is 47.7 Å². The van der Waals surface area contributed by atoms with E-state index in [1.807, 2.05) is 261 Å². The molecule has 0 fully saturated rings. The maximum atomic E-state index is 16.8. The molecule has 4 nitrogen and oxygen atoms in total. The Kier molecular flexibility index (Phi) is 12.6. The highest BCUT2D eigenvalue weighted by Gasteiger charge is 2.55. The highest BCUT2D eigenvalue weighted by Crippen LogP contribution is 2.65. The molecule has 0 atom stereocenters. The second kappa shape index (κ2) is 20.1. The van der Waals surface area contributed by atoms with E-state index in [1.165, 1.54) is 0 Å². The molecule has 0 bridgehead atoms. The summed E-state index contributed by atoms with van der Waals surface area (Å²) in [5.74, 6) is 0. The van der Waals surface area contributed by atoms with E-state index < -0.39 is 34.3 Å². The highest BCUT2D eigenvalue weighted by atomic mass is 31.2. The number of rotatable bonds is 12. The van der Waals surface area contributed by atoms with Crippen LogP contribution in [-0.2, 0) is 19.1 Å². The molecule has 0 aromatic heterocycles. The van der Waals surface area contributed by atoms with Crippen molar-refractivity contribution in [2.45, 2.75) is 5.41 Å². The first-order valence-corrected chi connectivity index (χ1v) is 34.0. The summed E-state index contributed by atoms with van der Waals surface area (Å²) in [6.07, 6.45) is 0. The third-order valence-corrected chi connectivity index (χ3v) is 28.9. The van der Waals surface area contributed by atoms with E-state index in [1.54, 1.807) is 0 Å². The molecule has 2 aliphatic carbocycles. The van der Waals surface area contributed by atoms with Crippen LogP contribution in [0.25, 0.3) is 22.3 Å². The zero-order chi connectivity index (χ0) is 54.8. The molecule has 81 heavy (non-hydrogen) atoms. The molecule has 0 aliphatic heterocycles. The molecule has 12 aromatic carbocycles. The van der Waals surface area contributed by atoms with Gasteiger partial charge in [0.25, 0.3) is 0 Å². The highest BCUT2D eigenvalue weighted by molar-refractivity contribution is 7.91. The van der Waals surface area contributed by atoms with Crippen LogP contribution >= 0.6 is 28.9 Å². The smallest absolute Gasteiger partial charge is 0.238 e. The Hall–Kier alpha value is -8.28. The standard InChI is InChI=1S/C73H53O4P4/c74-78(53-25-9-1-10-26-53,54-27-11-2-12-28-54)61-41-45-65-66-46-42-62(79(75,55-29-13-3-14-30-55)56-31-15-4-16-32-56)50-70(66)73(69(65)49-61)71-51-63(80(76,57-33-17-5-18-34-57)58-35-19-6-20-36-58)43-47-67(71)68-48-44-64(52-72(68)73)81(77,59-37-21-7-22-38-59)60-39-23-8-24-40-60/h1-52,74H/q+1. The van der Waals surface area contributed by atoms with Gasteiger partial charge in [0.15, 0.2) is 21.4 Å². The monoisotopic (exact) mass is 1120 g/mol. The number of fused-ring (bicyclic) bond motifs is 10. The predicted octanol–water partition coefficient (Wildman–Crippen LogP) is 12.1. The summed E-state index contributed by atoms with van der Waals surface area (Å²) < 4.78 is 50.3. The zero-order valence-corrected chi connectivity index (χ0v) is 47.6. The van der Waals surface area contributed by atoms with E-state index in [2.05, 4.69) is 54.6 Å². The van der Waals surface area contributed by atoms with Crippen molar-refractivity contribution in [1.29, 1.82) is 0 Å². The Morgan fingerprint density at radius 1 is 0.235 bits per heavy atom. The van der Waals surface area contributed by atoms with E-state index in [-0.39, 0.29) is 0 Å². The Balaban J connectivity index is 1.14. The van der Waals surface area contributed by atoms with E-state index >= 15 is 13.7 Å². The van der Waals surface area contributed by atoms with Gasteiger partial charge in [0.1, 0.15) is 15.9 Å². The molecule has 1 spiro atoms.